The van der Waals surface area contributed by atoms with Gasteiger partial charge in [0.15, 0.2) is 5.76 Å². The molecule has 1 N–H and O–H groups in total. The monoisotopic (exact) mass is 537 g/mol. The van der Waals surface area contributed by atoms with Gasteiger partial charge in [0, 0.05) is 5.02 Å². The molecule has 0 aliphatic carbocycles. The molecule has 0 bridgehead atoms. The molecule has 2 heterocycles. The van der Waals surface area contributed by atoms with Crippen molar-refractivity contribution in [1.29, 1.82) is 0 Å². The van der Waals surface area contributed by atoms with Gasteiger partial charge in [-0.1, -0.05) is 35.3 Å². The topological polar surface area (TPSA) is 69.3 Å². The van der Waals surface area contributed by atoms with Gasteiger partial charge in [0.05, 0.1) is 34.2 Å². The predicted molar refractivity (Wildman–Crippen MR) is 130 cm³/mol. The van der Waals surface area contributed by atoms with E-state index in [9.17, 15) is 18.0 Å². The van der Waals surface area contributed by atoms with Crippen LogP contribution in [0.4, 0.5) is 18.9 Å². The quantitative estimate of drug-likeness (QED) is 0.268. The number of ether oxygens (including phenoxy) is 1. The summed E-state index contributed by atoms with van der Waals surface area (Å²) in [7, 11) is 0. The number of nitrogens with zero attached hydrogens (tertiary/aromatic N) is 2. The lowest BCUT2D eigenvalue weighted by Gasteiger charge is -2.10. The molecule has 0 spiro atoms. The van der Waals surface area contributed by atoms with E-state index in [1.54, 1.807) is 44.2 Å². The highest BCUT2D eigenvalue weighted by atomic mass is 35.5. The first-order chi connectivity index (χ1) is 17.0. The summed E-state index contributed by atoms with van der Waals surface area (Å²) >= 11 is 12.0. The molecule has 0 aliphatic rings. The molecular weight excluding hydrogens is 518 g/mol. The Morgan fingerprint density at radius 1 is 1.11 bits per heavy atom. The second kappa shape index (κ2) is 10.3. The SMILES string of the molecule is Cc1nn(Cc2cccc(C(F)(F)F)c2)c(C)c1NC(=O)c1ccc(COc2ccc(Cl)cc2Cl)o1. The van der Waals surface area contributed by atoms with Gasteiger partial charge in [0.25, 0.3) is 5.91 Å². The lowest BCUT2D eigenvalue weighted by molar-refractivity contribution is -0.137. The molecule has 36 heavy (non-hydrogen) atoms. The van der Waals surface area contributed by atoms with E-state index in [1.165, 1.54) is 16.8 Å². The van der Waals surface area contributed by atoms with Crippen LogP contribution in [0.5, 0.6) is 5.75 Å². The summed E-state index contributed by atoms with van der Waals surface area (Å²) in [4.78, 5) is 12.8. The molecule has 6 nitrogen and oxygen atoms in total. The van der Waals surface area contributed by atoms with Gasteiger partial charge in [-0.05, 0) is 61.9 Å². The van der Waals surface area contributed by atoms with Crippen molar-refractivity contribution in [3.05, 3.63) is 98.7 Å². The van der Waals surface area contributed by atoms with E-state index in [0.29, 0.717) is 44.2 Å². The standard InChI is InChI=1S/C25H20Cl2F3N3O3/c1-14-23(15(2)33(32-14)12-16-4-3-5-17(10-16)25(28,29)30)31-24(34)22-9-7-19(36-22)13-35-21-8-6-18(26)11-20(21)27/h3-11H,12-13H2,1-2H3,(H,31,34). The third-order valence-electron chi connectivity index (χ3n) is 5.36. The number of alkyl halides is 3. The van der Waals surface area contributed by atoms with E-state index in [1.807, 2.05) is 0 Å². The van der Waals surface area contributed by atoms with Gasteiger partial charge in [-0.25, -0.2) is 0 Å². The van der Waals surface area contributed by atoms with Crippen molar-refractivity contribution in [3.8, 4) is 5.75 Å². The van der Waals surface area contributed by atoms with Crippen molar-refractivity contribution in [2.45, 2.75) is 33.2 Å². The summed E-state index contributed by atoms with van der Waals surface area (Å²) in [5.41, 5.74) is 1.26. The lowest BCUT2D eigenvalue weighted by Crippen LogP contribution is -2.13. The van der Waals surface area contributed by atoms with Crippen molar-refractivity contribution in [2.75, 3.05) is 5.32 Å². The number of carbonyl (C=O) groups excluding carboxylic acids is 1. The Kier molecular flexibility index (Phi) is 7.33. The molecule has 0 saturated heterocycles. The summed E-state index contributed by atoms with van der Waals surface area (Å²) in [6, 6.07) is 13.0. The number of rotatable bonds is 7. The highest BCUT2D eigenvalue weighted by molar-refractivity contribution is 6.35. The summed E-state index contributed by atoms with van der Waals surface area (Å²) in [5.74, 6) is 0.374. The van der Waals surface area contributed by atoms with Crippen LogP contribution in [0.15, 0.2) is 59.0 Å². The van der Waals surface area contributed by atoms with Crippen LogP contribution < -0.4 is 10.1 Å². The van der Waals surface area contributed by atoms with Crippen LogP contribution >= 0.6 is 23.2 Å². The van der Waals surface area contributed by atoms with Gasteiger partial charge in [0.1, 0.15) is 18.1 Å². The smallest absolute Gasteiger partial charge is 0.416 e. The third-order valence-corrected chi connectivity index (χ3v) is 5.89. The Labute approximate surface area is 214 Å². The lowest BCUT2D eigenvalue weighted by atomic mass is 10.1. The number of amides is 1. The molecule has 11 heteroatoms. The van der Waals surface area contributed by atoms with Gasteiger partial charge >= 0.3 is 6.18 Å². The zero-order valence-corrected chi connectivity index (χ0v) is 20.6. The minimum absolute atomic E-state index is 0.0433. The Morgan fingerprint density at radius 2 is 1.89 bits per heavy atom. The molecule has 0 aliphatic heterocycles. The second-order valence-corrected chi connectivity index (χ2v) is 8.83. The molecule has 0 radical (unpaired) electrons. The average Bonchev–Trinajstić information content (AvgIpc) is 3.39. The number of benzene rings is 2. The number of furan rings is 1. The Balaban J connectivity index is 1.43. The molecule has 1 amide bonds. The van der Waals surface area contributed by atoms with Gasteiger partial charge in [-0.15, -0.1) is 0 Å². The normalized spacial score (nSPS) is 11.5. The number of anilines is 1. The summed E-state index contributed by atoms with van der Waals surface area (Å²) in [5, 5.41) is 7.97. The van der Waals surface area contributed by atoms with E-state index in [4.69, 9.17) is 32.4 Å². The molecule has 0 saturated carbocycles. The first-order valence-corrected chi connectivity index (χ1v) is 11.4. The van der Waals surface area contributed by atoms with E-state index in [0.717, 1.165) is 12.1 Å². The van der Waals surface area contributed by atoms with Gasteiger partial charge in [-0.2, -0.15) is 18.3 Å². The van der Waals surface area contributed by atoms with Crippen LogP contribution in [0, 0.1) is 13.8 Å². The number of carbonyl (C=O) groups is 1. The molecule has 0 atom stereocenters. The predicted octanol–water partition coefficient (Wildman–Crippen LogP) is 7.30. The first-order valence-electron chi connectivity index (χ1n) is 10.7. The van der Waals surface area contributed by atoms with Crippen LogP contribution in [-0.2, 0) is 19.3 Å². The number of aromatic nitrogens is 2. The van der Waals surface area contributed by atoms with Crippen molar-refractivity contribution >= 4 is 34.8 Å². The highest BCUT2D eigenvalue weighted by Gasteiger charge is 2.30. The molecule has 2 aromatic heterocycles. The fraction of sp³-hybridized carbons (Fsp3) is 0.200. The minimum Gasteiger partial charge on any atom is -0.484 e. The average molecular weight is 538 g/mol. The fourth-order valence-corrected chi connectivity index (χ4v) is 4.01. The van der Waals surface area contributed by atoms with E-state index in [-0.39, 0.29) is 18.9 Å². The number of hydrogen-bond donors (Lipinski definition) is 1. The van der Waals surface area contributed by atoms with Gasteiger partial charge < -0.3 is 14.5 Å². The van der Waals surface area contributed by atoms with Crippen LogP contribution in [0.2, 0.25) is 10.0 Å². The van der Waals surface area contributed by atoms with E-state index < -0.39 is 17.6 Å². The largest absolute Gasteiger partial charge is 0.484 e. The number of hydrogen-bond acceptors (Lipinski definition) is 4. The van der Waals surface area contributed by atoms with E-state index in [2.05, 4.69) is 10.4 Å². The van der Waals surface area contributed by atoms with Crippen LogP contribution in [0.3, 0.4) is 0 Å². The summed E-state index contributed by atoms with van der Waals surface area (Å²) < 4.78 is 51.8. The summed E-state index contributed by atoms with van der Waals surface area (Å²) in [6.45, 7) is 3.58. The zero-order chi connectivity index (χ0) is 26.0. The third kappa shape index (κ3) is 5.85. The maximum absolute atomic E-state index is 13.0. The van der Waals surface area contributed by atoms with Crippen molar-refractivity contribution in [1.82, 2.24) is 9.78 Å². The molecular formula is C25H20Cl2F3N3O3. The zero-order valence-electron chi connectivity index (χ0n) is 19.1. The van der Waals surface area contributed by atoms with Gasteiger partial charge in [0.2, 0.25) is 0 Å². The Bertz CT molecular complexity index is 1410. The van der Waals surface area contributed by atoms with E-state index >= 15 is 0 Å². The molecule has 188 valence electrons. The van der Waals surface area contributed by atoms with Crippen molar-refractivity contribution in [2.24, 2.45) is 0 Å². The van der Waals surface area contributed by atoms with Crippen LogP contribution in [0.25, 0.3) is 0 Å². The number of halogens is 5. The fourth-order valence-electron chi connectivity index (χ4n) is 3.54. The van der Waals surface area contributed by atoms with Crippen molar-refractivity contribution < 1.29 is 27.1 Å². The second-order valence-electron chi connectivity index (χ2n) is 7.99. The number of aryl methyl sites for hydroxylation is 1. The maximum atomic E-state index is 13.0. The molecule has 0 unspecified atom stereocenters. The Morgan fingerprint density at radius 3 is 2.61 bits per heavy atom. The molecule has 2 aromatic carbocycles. The molecule has 0 fully saturated rings. The molecule has 4 aromatic rings. The van der Waals surface area contributed by atoms with Gasteiger partial charge in [-0.3, -0.25) is 9.48 Å². The van der Waals surface area contributed by atoms with Crippen LogP contribution in [0.1, 0.15) is 38.8 Å². The highest BCUT2D eigenvalue weighted by Crippen LogP contribution is 2.31. The number of nitrogens with one attached hydrogen (secondary N) is 1. The molecule has 4 rings (SSSR count). The minimum atomic E-state index is -4.43. The Hall–Kier alpha value is -3.43. The van der Waals surface area contributed by atoms with Crippen molar-refractivity contribution in [3.63, 3.8) is 0 Å². The first kappa shape index (κ1) is 25.7. The maximum Gasteiger partial charge on any atom is 0.416 e. The summed E-state index contributed by atoms with van der Waals surface area (Å²) in [6.07, 6.45) is -4.43. The van der Waals surface area contributed by atoms with Crippen LogP contribution in [-0.4, -0.2) is 15.7 Å².